The molecular formula is C37H47N9O9S. The molecule has 7 N–H and O–H groups in total. The number of carboxylic acid groups (broad SMARTS) is 1. The molecule has 1 saturated carbocycles. The fourth-order valence-electron chi connectivity index (χ4n) is 6.63. The summed E-state index contributed by atoms with van der Waals surface area (Å²) in [6.45, 7) is 2.37. The fraction of sp³-hybridized carbons (Fsp3) is 0.514. The third kappa shape index (κ3) is 11.1. The summed E-state index contributed by atoms with van der Waals surface area (Å²) in [6.07, 6.45) is 5.53. The van der Waals surface area contributed by atoms with Crippen molar-refractivity contribution in [3.63, 3.8) is 0 Å². The van der Waals surface area contributed by atoms with Crippen molar-refractivity contribution < 1.29 is 38.6 Å². The topological polar surface area (TPSA) is 269 Å². The Bertz CT molecular complexity index is 2000. The maximum Gasteiger partial charge on any atom is 0.327 e. The molecule has 56 heavy (non-hydrogen) atoms. The molecule has 2 aromatic heterocycles. The first-order valence-electron chi connectivity index (χ1n) is 18.5. The van der Waals surface area contributed by atoms with Gasteiger partial charge < -0.3 is 31.5 Å². The van der Waals surface area contributed by atoms with Gasteiger partial charge in [0.1, 0.15) is 6.04 Å². The lowest BCUT2D eigenvalue weighted by Gasteiger charge is -2.37. The van der Waals surface area contributed by atoms with Crippen molar-refractivity contribution in [2.45, 2.75) is 81.6 Å². The number of carboxylic acids is 1. The van der Waals surface area contributed by atoms with Crippen LogP contribution in [0.2, 0.25) is 0 Å². The number of aromatic amines is 1. The van der Waals surface area contributed by atoms with Crippen LogP contribution in [0.15, 0.2) is 35.3 Å². The molecule has 1 aromatic carbocycles. The minimum Gasteiger partial charge on any atom is -0.480 e. The Morgan fingerprint density at radius 3 is 2.54 bits per heavy atom. The summed E-state index contributed by atoms with van der Waals surface area (Å²) in [5.41, 5.74) is 6.86. The molecule has 19 heteroatoms. The van der Waals surface area contributed by atoms with Gasteiger partial charge in [0.15, 0.2) is 11.2 Å². The SMILES string of the molecule is CNC(=O)C1CCC(C)(OCCN2C(=O)CC(SC[C@H](NC(=O)CCCNC(=O)c3ccc(CCc4cnc5nc(N)[nH]c(=O)c5n4)cc3)C(=O)O)C2=O)CC1. The van der Waals surface area contributed by atoms with Crippen molar-refractivity contribution >= 4 is 64.4 Å². The number of nitrogen functional groups attached to an aromatic ring is 1. The van der Waals surface area contributed by atoms with Gasteiger partial charge >= 0.3 is 5.97 Å². The third-order valence-electron chi connectivity index (χ3n) is 9.96. The van der Waals surface area contributed by atoms with Crippen molar-refractivity contribution in [1.29, 1.82) is 0 Å². The third-order valence-corrected chi connectivity index (χ3v) is 11.3. The van der Waals surface area contributed by atoms with Crippen LogP contribution in [0.25, 0.3) is 11.2 Å². The van der Waals surface area contributed by atoms with E-state index in [2.05, 4.69) is 35.9 Å². The van der Waals surface area contributed by atoms with Gasteiger partial charge in [-0.3, -0.25) is 38.7 Å². The van der Waals surface area contributed by atoms with Gasteiger partial charge in [-0.15, -0.1) is 11.8 Å². The molecule has 1 saturated heterocycles. The lowest BCUT2D eigenvalue weighted by atomic mass is 9.79. The minimum atomic E-state index is -1.28. The van der Waals surface area contributed by atoms with E-state index in [4.69, 9.17) is 10.5 Å². The van der Waals surface area contributed by atoms with E-state index < -0.39 is 40.2 Å². The largest absolute Gasteiger partial charge is 0.480 e. The number of nitrogens with one attached hydrogen (secondary N) is 4. The molecule has 2 fully saturated rings. The number of nitrogens with zero attached hydrogens (tertiary/aromatic N) is 4. The van der Waals surface area contributed by atoms with E-state index in [1.54, 1.807) is 31.3 Å². The fourth-order valence-corrected chi connectivity index (χ4v) is 7.81. The van der Waals surface area contributed by atoms with Gasteiger partial charge in [0.05, 0.1) is 35.9 Å². The quantitative estimate of drug-likeness (QED) is 0.0766. The summed E-state index contributed by atoms with van der Waals surface area (Å²) in [6, 6.07) is 5.68. The second kappa shape index (κ2) is 18.9. The Labute approximate surface area is 326 Å². The van der Waals surface area contributed by atoms with Gasteiger partial charge in [-0.05, 0) is 69.6 Å². The van der Waals surface area contributed by atoms with Crippen molar-refractivity contribution in [2.24, 2.45) is 5.92 Å². The number of hydrogen-bond acceptors (Lipinski definition) is 13. The van der Waals surface area contributed by atoms with Crippen LogP contribution < -0.4 is 27.2 Å². The number of aliphatic carboxylic acids is 1. The van der Waals surface area contributed by atoms with Gasteiger partial charge in [0.2, 0.25) is 29.6 Å². The number of hydrogen-bond donors (Lipinski definition) is 6. The standard InChI is InChI=1S/C37H47N9O9S/c1-37(13-11-23(12-14-37)31(49)39-2)55-17-16-46-28(48)18-26(34(46)52)56-20-25(35(53)54)43-27(47)4-3-15-40-32(50)22-8-5-21(6-9-22)7-10-24-19-41-30-29(42-24)33(51)45-36(38)44-30/h5-6,8-9,19,23,25-26H,3-4,7,10-18,20H2,1-2H3,(H,39,49)(H,40,50)(H,43,47)(H,53,54)(H3,38,41,44,45,51)/t23?,25-,26?,37?/m0/s1. The van der Waals surface area contributed by atoms with Crippen LogP contribution >= 0.6 is 11.8 Å². The molecule has 3 aromatic rings. The van der Waals surface area contributed by atoms with Crippen molar-refractivity contribution in [3.05, 3.63) is 57.6 Å². The zero-order chi connectivity index (χ0) is 40.4. The van der Waals surface area contributed by atoms with E-state index in [1.807, 2.05) is 6.92 Å². The number of anilines is 1. The lowest BCUT2D eigenvalue weighted by Crippen LogP contribution is -2.43. The van der Waals surface area contributed by atoms with Gasteiger partial charge in [0, 0.05) is 43.7 Å². The van der Waals surface area contributed by atoms with E-state index in [1.165, 1.54) is 6.20 Å². The monoisotopic (exact) mass is 793 g/mol. The number of thioether (sulfide) groups is 1. The zero-order valence-corrected chi connectivity index (χ0v) is 32.1. The van der Waals surface area contributed by atoms with Gasteiger partial charge in [-0.25, -0.2) is 14.8 Å². The molecule has 2 aliphatic rings. The number of rotatable bonds is 18. The number of ether oxygens (including phenoxy) is 1. The number of carbonyl (C=O) groups is 6. The number of likely N-dealkylation sites (tertiary alicyclic amines) is 1. The Morgan fingerprint density at radius 2 is 1.84 bits per heavy atom. The Morgan fingerprint density at radius 1 is 1.11 bits per heavy atom. The van der Waals surface area contributed by atoms with E-state index in [9.17, 15) is 38.7 Å². The molecule has 2 atom stereocenters. The Hall–Kier alpha value is -5.43. The molecule has 5 rings (SSSR count). The number of nitrogens with two attached hydrogens (primary N) is 1. The van der Waals surface area contributed by atoms with Crippen LogP contribution in [0.3, 0.4) is 0 Å². The van der Waals surface area contributed by atoms with E-state index in [0.717, 1.165) is 22.2 Å². The van der Waals surface area contributed by atoms with Crippen LogP contribution in [-0.2, 0) is 41.6 Å². The number of aryl methyl sites for hydroxylation is 2. The normalized spacial score (nSPS) is 20.1. The molecule has 0 radical (unpaired) electrons. The van der Waals surface area contributed by atoms with Crippen LogP contribution in [-0.4, -0.2) is 115 Å². The number of amides is 5. The molecule has 5 amide bonds. The highest BCUT2D eigenvalue weighted by Gasteiger charge is 2.40. The van der Waals surface area contributed by atoms with E-state index in [-0.39, 0.29) is 85.5 Å². The summed E-state index contributed by atoms with van der Waals surface area (Å²) in [5.74, 6) is -3.10. The first-order valence-corrected chi connectivity index (χ1v) is 19.5. The first kappa shape index (κ1) is 41.7. The van der Waals surface area contributed by atoms with Crippen molar-refractivity contribution in [3.8, 4) is 0 Å². The second-order valence-electron chi connectivity index (χ2n) is 14.1. The molecule has 0 bridgehead atoms. The number of benzene rings is 1. The maximum absolute atomic E-state index is 13.0. The predicted octanol–water partition coefficient (Wildman–Crippen LogP) is 0.732. The predicted molar refractivity (Wildman–Crippen MR) is 205 cm³/mol. The smallest absolute Gasteiger partial charge is 0.327 e. The molecule has 1 aliphatic heterocycles. The summed E-state index contributed by atoms with van der Waals surface area (Å²) in [7, 11) is 1.62. The summed E-state index contributed by atoms with van der Waals surface area (Å²) >= 11 is 1.01. The van der Waals surface area contributed by atoms with Crippen LogP contribution in [0.4, 0.5) is 5.95 Å². The Balaban J connectivity index is 0.978. The molecular weight excluding hydrogens is 747 g/mol. The first-order chi connectivity index (χ1) is 26.7. The molecule has 3 heterocycles. The van der Waals surface area contributed by atoms with Crippen LogP contribution in [0.5, 0.6) is 0 Å². The number of carbonyl (C=O) groups excluding carboxylic acids is 5. The minimum absolute atomic E-state index is 0.0188. The highest BCUT2D eigenvalue weighted by Crippen LogP contribution is 2.35. The van der Waals surface area contributed by atoms with Gasteiger partial charge in [-0.2, -0.15) is 4.98 Å². The lowest BCUT2D eigenvalue weighted by molar-refractivity contribution is -0.142. The maximum atomic E-state index is 13.0. The van der Waals surface area contributed by atoms with Gasteiger partial charge in [0.25, 0.3) is 11.5 Å². The molecule has 0 spiro atoms. The molecule has 300 valence electrons. The summed E-state index contributed by atoms with van der Waals surface area (Å²) in [5, 5.41) is 16.8. The summed E-state index contributed by atoms with van der Waals surface area (Å²) < 4.78 is 6.07. The highest BCUT2D eigenvalue weighted by atomic mass is 32.2. The van der Waals surface area contributed by atoms with E-state index >= 15 is 0 Å². The van der Waals surface area contributed by atoms with Crippen molar-refractivity contribution in [1.82, 2.24) is 40.8 Å². The summed E-state index contributed by atoms with van der Waals surface area (Å²) in [4.78, 5) is 103. The highest BCUT2D eigenvalue weighted by molar-refractivity contribution is 8.00. The van der Waals surface area contributed by atoms with Crippen LogP contribution in [0.1, 0.15) is 73.5 Å². The van der Waals surface area contributed by atoms with Crippen LogP contribution in [0, 0.1) is 5.92 Å². The second-order valence-corrected chi connectivity index (χ2v) is 15.3. The average molecular weight is 794 g/mol. The molecule has 1 aliphatic carbocycles. The molecule has 1 unspecified atom stereocenters. The average Bonchev–Trinajstić information content (AvgIpc) is 3.44. The Kier molecular flexibility index (Phi) is 14.1. The van der Waals surface area contributed by atoms with E-state index in [0.29, 0.717) is 49.8 Å². The number of imide groups is 1. The number of aromatic nitrogens is 4. The van der Waals surface area contributed by atoms with Crippen molar-refractivity contribution in [2.75, 3.05) is 38.2 Å². The number of fused-ring (bicyclic) bond motifs is 1. The van der Waals surface area contributed by atoms with Gasteiger partial charge in [-0.1, -0.05) is 12.1 Å². The molecule has 18 nitrogen and oxygen atoms in total. The number of H-pyrrole nitrogens is 1. The zero-order valence-electron chi connectivity index (χ0n) is 31.3.